The predicted octanol–water partition coefficient (Wildman–Crippen LogP) is 2.13. The molecule has 0 bridgehead atoms. The molecule has 24 heavy (non-hydrogen) atoms. The van der Waals surface area contributed by atoms with Gasteiger partial charge in [0.25, 0.3) is 0 Å². The van der Waals surface area contributed by atoms with E-state index in [4.69, 9.17) is 0 Å². The number of fused-ring (bicyclic) bond motifs is 1. The van der Waals surface area contributed by atoms with Gasteiger partial charge in [-0.15, -0.1) is 0 Å². The number of nitrogens with zero attached hydrogens (tertiary/aromatic N) is 1. The number of benzene rings is 1. The zero-order chi connectivity index (χ0) is 16.9. The average Bonchev–Trinajstić information content (AvgIpc) is 3.17. The van der Waals surface area contributed by atoms with Crippen LogP contribution in [-0.4, -0.2) is 29.4 Å². The summed E-state index contributed by atoms with van der Waals surface area (Å²) in [6.45, 7) is 1.60. The Kier molecular flexibility index (Phi) is 5.13. The third-order valence-corrected chi connectivity index (χ3v) is 4.45. The molecule has 0 saturated heterocycles. The number of methoxy groups -OCH3 is 1. The maximum Gasteiger partial charge on any atom is 0.330 e. The molecule has 3 rings (SSSR count). The van der Waals surface area contributed by atoms with Gasteiger partial charge in [-0.1, -0.05) is 30.3 Å². The number of nitrogens with one attached hydrogen (secondary N) is 1. The fourth-order valence-corrected chi connectivity index (χ4v) is 3.19. The second-order valence-corrected chi connectivity index (χ2v) is 5.94. The Hall–Kier alpha value is -2.37. The van der Waals surface area contributed by atoms with Crippen LogP contribution in [-0.2, 0) is 22.6 Å². The maximum absolute atomic E-state index is 11.3. The molecular weight excluding hydrogens is 304 g/mol. The van der Waals surface area contributed by atoms with E-state index in [0.717, 1.165) is 24.5 Å². The summed E-state index contributed by atoms with van der Waals surface area (Å²) < 4.78 is 6.77. The molecule has 0 radical (unpaired) electrons. The fourth-order valence-electron chi connectivity index (χ4n) is 3.19. The van der Waals surface area contributed by atoms with Crippen molar-refractivity contribution < 1.29 is 14.6 Å². The van der Waals surface area contributed by atoms with E-state index in [1.807, 2.05) is 24.3 Å². The van der Waals surface area contributed by atoms with Crippen LogP contribution < -0.4 is 5.32 Å². The molecule has 1 aromatic carbocycles. The van der Waals surface area contributed by atoms with E-state index in [1.165, 1.54) is 18.7 Å². The summed E-state index contributed by atoms with van der Waals surface area (Å²) in [4.78, 5) is 11.3. The minimum Gasteiger partial charge on any atom is -0.466 e. The summed E-state index contributed by atoms with van der Waals surface area (Å²) in [6, 6.07) is 14.3. The van der Waals surface area contributed by atoms with Crippen molar-refractivity contribution in [3.63, 3.8) is 0 Å². The Bertz CT molecular complexity index is 721. The van der Waals surface area contributed by atoms with Crippen LogP contribution in [0.5, 0.6) is 0 Å². The quantitative estimate of drug-likeness (QED) is 0.630. The molecule has 126 valence electrons. The zero-order valence-corrected chi connectivity index (χ0v) is 13.7. The van der Waals surface area contributed by atoms with Gasteiger partial charge in [0.2, 0.25) is 0 Å². The molecule has 0 fully saturated rings. The van der Waals surface area contributed by atoms with Gasteiger partial charge in [-0.05, 0) is 23.8 Å². The van der Waals surface area contributed by atoms with Crippen LogP contribution in [0.4, 0.5) is 0 Å². The van der Waals surface area contributed by atoms with Gasteiger partial charge < -0.3 is 19.7 Å². The van der Waals surface area contributed by atoms with Crippen LogP contribution in [0.2, 0.25) is 0 Å². The molecule has 1 aromatic heterocycles. The van der Waals surface area contributed by atoms with Crippen LogP contribution >= 0.6 is 0 Å². The Morgan fingerprint density at radius 3 is 2.83 bits per heavy atom. The first kappa shape index (κ1) is 16.5. The number of aliphatic hydroxyl groups excluding tert-OH is 1. The number of carbonyl (C=O) groups is 1. The minimum atomic E-state index is -0.374. The highest BCUT2D eigenvalue weighted by molar-refractivity contribution is 5.86. The van der Waals surface area contributed by atoms with Crippen LogP contribution in [0.25, 0.3) is 6.08 Å². The van der Waals surface area contributed by atoms with Crippen LogP contribution in [0.3, 0.4) is 0 Å². The van der Waals surface area contributed by atoms with E-state index >= 15 is 0 Å². The van der Waals surface area contributed by atoms with Gasteiger partial charge in [0.1, 0.15) is 0 Å². The minimum absolute atomic E-state index is 0.0930. The SMILES string of the molecule is COC(=O)/C=C/c1ccc2n1C[C@H](CO)[C@@H]2NCc1ccccc1. The Morgan fingerprint density at radius 1 is 1.33 bits per heavy atom. The fraction of sp³-hybridized carbons (Fsp3) is 0.316. The molecule has 0 saturated carbocycles. The molecule has 0 unspecified atom stereocenters. The summed E-state index contributed by atoms with van der Waals surface area (Å²) in [5.74, 6) is -0.254. The first-order valence-electron chi connectivity index (χ1n) is 8.06. The lowest BCUT2D eigenvalue weighted by Crippen LogP contribution is -2.27. The zero-order valence-electron chi connectivity index (χ0n) is 13.7. The highest BCUT2D eigenvalue weighted by Crippen LogP contribution is 2.34. The summed E-state index contributed by atoms with van der Waals surface area (Å²) in [5, 5.41) is 13.3. The standard InChI is InChI=1S/C19H22N2O3/c1-24-18(23)10-8-16-7-9-17-19(15(13-22)12-21(16)17)20-11-14-5-3-2-4-6-14/h2-10,15,19-20,22H,11-13H2,1H3/b10-8+/t15-,19+/m1/s1. The molecule has 5 nitrogen and oxygen atoms in total. The van der Waals surface area contributed by atoms with Crippen molar-refractivity contribution in [2.75, 3.05) is 13.7 Å². The van der Waals surface area contributed by atoms with Crippen LogP contribution in [0.15, 0.2) is 48.5 Å². The van der Waals surface area contributed by atoms with Crippen molar-refractivity contribution in [1.82, 2.24) is 9.88 Å². The number of carbonyl (C=O) groups excluding carboxylic acids is 1. The number of esters is 1. The van der Waals surface area contributed by atoms with E-state index in [0.29, 0.717) is 0 Å². The Morgan fingerprint density at radius 2 is 2.12 bits per heavy atom. The second kappa shape index (κ2) is 7.47. The molecular formula is C19H22N2O3. The smallest absolute Gasteiger partial charge is 0.330 e. The highest BCUT2D eigenvalue weighted by atomic mass is 16.5. The monoisotopic (exact) mass is 326 g/mol. The first-order valence-corrected chi connectivity index (χ1v) is 8.06. The summed E-state index contributed by atoms with van der Waals surface area (Å²) in [5.41, 5.74) is 3.29. The van der Waals surface area contributed by atoms with Crippen molar-refractivity contribution in [1.29, 1.82) is 0 Å². The normalized spacial score (nSPS) is 19.6. The number of hydrogen-bond acceptors (Lipinski definition) is 4. The van der Waals surface area contributed by atoms with Gasteiger partial charge in [-0.3, -0.25) is 0 Å². The largest absolute Gasteiger partial charge is 0.466 e. The van der Waals surface area contributed by atoms with Crippen LogP contribution in [0.1, 0.15) is 23.0 Å². The van der Waals surface area contributed by atoms with E-state index in [2.05, 4.69) is 32.8 Å². The maximum atomic E-state index is 11.3. The third-order valence-electron chi connectivity index (χ3n) is 4.45. The first-order chi connectivity index (χ1) is 11.7. The third kappa shape index (κ3) is 3.42. The Labute approximate surface area is 141 Å². The molecule has 2 atom stereocenters. The molecule has 2 N–H and O–H groups in total. The Balaban J connectivity index is 1.76. The molecule has 0 aliphatic carbocycles. The molecule has 0 amide bonds. The lowest BCUT2D eigenvalue weighted by Gasteiger charge is -2.18. The van der Waals surface area contributed by atoms with E-state index in [-0.39, 0.29) is 24.5 Å². The molecule has 0 spiro atoms. The van der Waals surface area contributed by atoms with Crippen molar-refractivity contribution in [2.24, 2.45) is 5.92 Å². The van der Waals surface area contributed by atoms with Gasteiger partial charge in [0.05, 0.1) is 13.2 Å². The van der Waals surface area contributed by atoms with Gasteiger partial charge in [0.15, 0.2) is 0 Å². The van der Waals surface area contributed by atoms with Crippen molar-refractivity contribution in [3.8, 4) is 0 Å². The number of hydrogen-bond donors (Lipinski definition) is 2. The highest BCUT2D eigenvalue weighted by Gasteiger charge is 2.32. The predicted molar refractivity (Wildman–Crippen MR) is 92.1 cm³/mol. The molecule has 5 heteroatoms. The van der Waals surface area contributed by atoms with E-state index in [1.54, 1.807) is 6.08 Å². The number of ether oxygens (including phenoxy) is 1. The average molecular weight is 326 g/mol. The topological polar surface area (TPSA) is 63.5 Å². The van der Waals surface area contributed by atoms with Gasteiger partial charge in [-0.25, -0.2) is 4.79 Å². The summed E-state index contributed by atoms with van der Waals surface area (Å²) in [7, 11) is 1.36. The van der Waals surface area contributed by atoms with E-state index < -0.39 is 0 Å². The molecule has 2 heterocycles. The van der Waals surface area contributed by atoms with Gasteiger partial charge in [0, 0.05) is 43.1 Å². The molecule has 1 aliphatic heterocycles. The number of rotatable bonds is 6. The van der Waals surface area contributed by atoms with Crippen LogP contribution in [0, 0.1) is 5.92 Å². The number of aromatic nitrogens is 1. The van der Waals surface area contributed by atoms with Gasteiger partial charge in [-0.2, -0.15) is 0 Å². The molecule has 1 aliphatic rings. The number of aliphatic hydroxyl groups is 1. The van der Waals surface area contributed by atoms with Crippen molar-refractivity contribution >= 4 is 12.0 Å². The summed E-state index contributed by atoms with van der Waals surface area (Å²) >= 11 is 0. The lowest BCUT2D eigenvalue weighted by molar-refractivity contribution is -0.134. The summed E-state index contributed by atoms with van der Waals surface area (Å²) in [6.07, 6.45) is 3.17. The molecule has 2 aromatic rings. The lowest BCUT2D eigenvalue weighted by atomic mass is 10.0. The van der Waals surface area contributed by atoms with Gasteiger partial charge >= 0.3 is 5.97 Å². The van der Waals surface area contributed by atoms with Crippen molar-refractivity contribution in [2.45, 2.75) is 19.1 Å². The second-order valence-electron chi connectivity index (χ2n) is 5.94. The van der Waals surface area contributed by atoms with E-state index in [9.17, 15) is 9.90 Å². The van der Waals surface area contributed by atoms with Crippen molar-refractivity contribution in [3.05, 3.63) is 65.5 Å².